The molecule has 1 aromatic rings. The number of nitrogens with zero attached hydrogens (tertiary/aromatic N) is 2. The number of aromatic nitrogens is 2. The molecular weight excluding hydrogens is 280 g/mol. The van der Waals surface area contributed by atoms with Crippen LogP contribution in [0.2, 0.25) is 0 Å². The Kier molecular flexibility index (Phi) is 5.04. The summed E-state index contributed by atoms with van der Waals surface area (Å²) in [5.41, 5.74) is 0. The third kappa shape index (κ3) is 4.99. The van der Waals surface area contributed by atoms with Crippen molar-refractivity contribution in [3.8, 4) is 0 Å². The van der Waals surface area contributed by atoms with E-state index in [-0.39, 0.29) is 11.9 Å². The summed E-state index contributed by atoms with van der Waals surface area (Å²) >= 11 is 2.96. The average Bonchev–Trinajstić information content (AvgIpc) is 3.04. The molecule has 0 bridgehead atoms. The third-order valence-electron chi connectivity index (χ3n) is 3.03. The summed E-state index contributed by atoms with van der Waals surface area (Å²) in [4.78, 5) is 11.7. The number of nitrogens with one attached hydrogen (secondary N) is 2. The van der Waals surface area contributed by atoms with E-state index in [0.717, 1.165) is 9.47 Å². The molecule has 1 fully saturated rings. The van der Waals surface area contributed by atoms with Crippen LogP contribution in [0, 0.1) is 5.92 Å². The number of thioether (sulfide) groups is 1. The van der Waals surface area contributed by atoms with E-state index in [1.807, 2.05) is 6.92 Å². The molecule has 7 heteroatoms. The van der Waals surface area contributed by atoms with Crippen molar-refractivity contribution in [3.05, 3.63) is 0 Å². The molecule has 1 amide bonds. The Morgan fingerprint density at radius 3 is 2.79 bits per heavy atom. The SMILES string of the molecule is CC(C)[C@@H](C)NC(=O)CSc1nnc(NC2CC2)s1. The van der Waals surface area contributed by atoms with Gasteiger partial charge in [-0.2, -0.15) is 0 Å². The number of hydrogen-bond donors (Lipinski definition) is 2. The van der Waals surface area contributed by atoms with E-state index in [1.54, 1.807) is 0 Å². The van der Waals surface area contributed by atoms with E-state index in [1.165, 1.54) is 35.9 Å². The minimum Gasteiger partial charge on any atom is -0.357 e. The summed E-state index contributed by atoms with van der Waals surface area (Å²) < 4.78 is 0.843. The first-order valence-corrected chi connectivity index (χ1v) is 8.37. The Labute approximate surface area is 122 Å². The van der Waals surface area contributed by atoms with Crippen LogP contribution >= 0.6 is 23.1 Å². The van der Waals surface area contributed by atoms with Gasteiger partial charge in [0.05, 0.1) is 5.75 Å². The molecule has 0 aliphatic heterocycles. The Morgan fingerprint density at radius 2 is 2.16 bits per heavy atom. The smallest absolute Gasteiger partial charge is 0.230 e. The summed E-state index contributed by atoms with van der Waals surface area (Å²) in [5, 5.41) is 15.3. The summed E-state index contributed by atoms with van der Waals surface area (Å²) in [7, 11) is 0. The number of rotatable bonds is 7. The lowest BCUT2D eigenvalue weighted by atomic mass is 10.1. The van der Waals surface area contributed by atoms with E-state index >= 15 is 0 Å². The average molecular weight is 300 g/mol. The van der Waals surface area contributed by atoms with Crippen LogP contribution in [0.1, 0.15) is 33.6 Å². The van der Waals surface area contributed by atoms with Gasteiger partial charge in [0.2, 0.25) is 11.0 Å². The largest absolute Gasteiger partial charge is 0.357 e. The fraction of sp³-hybridized carbons (Fsp3) is 0.750. The van der Waals surface area contributed by atoms with E-state index in [4.69, 9.17) is 0 Å². The zero-order chi connectivity index (χ0) is 13.8. The quantitative estimate of drug-likeness (QED) is 0.757. The Bertz CT molecular complexity index is 431. The second kappa shape index (κ2) is 6.56. The van der Waals surface area contributed by atoms with Gasteiger partial charge in [0.1, 0.15) is 0 Å². The van der Waals surface area contributed by atoms with Gasteiger partial charge in [0.15, 0.2) is 4.34 Å². The monoisotopic (exact) mass is 300 g/mol. The highest BCUT2D eigenvalue weighted by Crippen LogP contribution is 2.30. The van der Waals surface area contributed by atoms with Gasteiger partial charge < -0.3 is 10.6 Å². The minimum atomic E-state index is 0.0538. The zero-order valence-electron chi connectivity index (χ0n) is 11.5. The van der Waals surface area contributed by atoms with E-state index in [9.17, 15) is 4.79 Å². The highest BCUT2D eigenvalue weighted by atomic mass is 32.2. The van der Waals surface area contributed by atoms with Gasteiger partial charge in [-0.15, -0.1) is 10.2 Å². The molecular formula is C12H20N4OS2. The van der Waals surface area contributed by atoms with Crippen molar-refractivity contribution in [1.29, 1.82) is 0 Å². The van der Waals surface area contributed by atoms with Gasteiger partial charge in [-0.05, 0) is 25.7 Å². The molecule has 0 radical (unpaired) electrons. The van der Waals surface area contributed by atoms with Crippen molar-refractivity contribution in [1.82, 2.24) is 15.5 Å². The van der Waals surface area contributed by atoms with Gasteiger partial charge >= 0.3 is 0 Å². The van der Waals surface area contributed by atoms with Gasteiger partial charge in [-0.25, -0.2) is 0 Å². The van der Waals surface area contributed by atoms with Crippen molar-refractivity contribution in [3.63, 3.8) is 0 Å². The maximum atomic E-state index is 11.7. The lowest BCUT2D eigenvalue weighted by molar-refractivity contribution is -0.119. The van der Waals surface area contributed by atoms with E-state index < -0.39 is 0 Å². The molecule has 2 N–H and O–H groups in total. The maximum Gasteiger partial charge on any atom is 0.230 e. The molecule has 1 aliphatic rings. The number of amides is 1. The summed E-state index contributed by atoms with van der Waals surface area (Å²) in [5.74, 6) is 0.901. The second-order valence-electron chi connectivity index (χ2n) is 5.18. The molecule has 5 nitrogen and oxygen atoms in total. The third-order valence-corrected chi connectivity index (χ3v) is 5.01. The van der Waals surface area contributed by atoms with Crippen LogP contribution in [0.15, 0.2) is 4.34 Å². The van der Waals surface area contributed by atoms with Crippen LogP contribution in [-0.4, -0.2) is 33.9 Å². The number of hydrogen-bond acceptors (Lipinski definition) is 6. The first kappa shape index (κ1) is 14.6. The maximum absolute atomic E-state index is 11.7. The molecule has 2 rings (SSSR count). The van der Waals surface area contributed by atoms with Crippen molar-refractivity contribution in [2.24, 2.45) is 5.92 Å². The van der Waals surface area contributed by atoms with Crippen LogP contribution < -0.4 is 10.6 Å². The molecule has 1 saturated carbocycles. The number of anilines is 1. The predicted molar refractivity (Wildman–Crippen MR) is 79.7 cm³/mol. The minimum absolute atomic E-state index is 0.0538. The number of carbonyl (C=O) groups excluding carboxylic acids is 1. The van der Waals surface area contributed by atoms with Crippen LogP contribution in [0.25, 0.3) is 0 Å². The first-order valence-electron chi connectivity index (χ1n) is 6.57. The van der Waals surface area contributed by atoms with Crippen LogP contribution in [-0.2, 0) is 4.79 Å². The van der Waals surface area contributed by atoms with Crippen molar-refractivity contribution < 1.29 is 4.79 Å². The second-order valence-corrected chi connectivity index (χ2v) is 7.38. The highest BCUT2D eigenvalue weighted by Gasteiger charge is 2.22. The van der Waals surface area contributed by atoms with Gasteiger partial charge in [0, 0.05) is 12.1 Å². The van der Waals surface area contributed by atoms with E-state index in [2.05, 4.69) is 34.7 Å². The van der Waals surface area contributed by atoms with Crippen molar-refractivity contribution in [2.75, 3.05) is 11.1 Å². The Hall–Kier alpha value is -0.820. The molecule has 1 aliphatic carbocycles. The zero-order valence-corrected chi connectivity index (χ0v) is 13.1. The summed E-state index contributed by atoms with van der Waals surface area (Å²) in [6.45, 7) is 6.22. The first-order chi connectivity index (χ1) is 9.04. The van der Waals surface area contributed by atoms with Gasteiger partial charge in [-0.1, -0.05) is 36.9 Å². The van der Waals surface area contributed by atoms with Crippen molar-refractivity contribution >= 4 is 34.1 Å². The van der Waals surface area contributed by atoms with Crippen LogP contribution in [0.5, 0.6) is 0 Å². The summed E-state index contributed by atoms with van der Waals surface area (Å²) in [6, 6.07) is 0.788. The molecule has 0 aromatic carbocycles. The molecule has 19 heavy (non-hydrogen) atoms. The molecule has 1 atom stereocenters. The number of carbonyl (C=O) groups is 1. The Balaban J connectivity index is 1.71. The molecule has 106 valence electrons. The Morgan fingerprint density at radius 1 is 1.42 bits per heavy atom. The lowest BCUT2D eigenvalue weighted by Gasteiger charge is -2.16. The molecule has 0 spiro atoms. The topological polar surface area (TPSA) is 66.9 Å². The molecule has 0 unspecified atom stereocenters. The highest BCUT2D eigenvalue weighted by molar-refractivity contribution is 8.01. The fourth-order valence-electron chi connectivity index (χ4n) is 1.32. The summed E-state index contributed by atoms with van der Waals surface area (Å²) in [6.07, 6.45) is 2.44. The van der Waals surface area contributed by atoms with E-state index in [0.29, 0.717) is 17.7 Å². The molecule has 0 saturated heterocycles. The lowest BCUT2D eigenvalue weighted by Crippen LogP contribution is -2.37. The molecule has 1 heterocycles. The van der Waals surface area contributed by atoms with Gasteiger partial charge in [0.25, 0.3) is 0 Å². The van der Waals surface area contributed by atoms with Crippen LogP contribution in [0.3, 0.4) is 0 Å². The van der Waals surface area contributed by atoms with Crippen LogP contribution in [0.4, 0.5) is 5.13 Å². The van der Waals surface area contributed by atoms with Gasteiger partial charge in [-0.3, -0.25) is 4.79 Å². The standard InChI is InChI=1S/C12H20N4OS2/c1-7(2)8(3)13-10(17)6-18-12-16-15-11(19-12)14-9-4-5-9/h7-9H,4-6H2,1-3H3,(H,13,17)(H,14,15)/t8-/m1/s1. The fourth-order valence-corrected chi connectivity index (χ4v) is 2.96. The molecule has 1 aromatic heterocycles. The normalized spacial score (nSPS) is 16.4. The van der Waals surface area contributed by atoms with Crippen molar-refractivity contribution in [2.45, 2.75) is 50.0 Å². The predicted octanol–water partition coefficient (Wildman–Crippen LogP) is 2.37.